The topological polar surface area (TPSA) is 49.8 Å². The molecule has 0 spiro atoms. The van der Waals surface area contributed by atoms with Gasteiger partial charge in [0.2, 0.25) is 0 Å². The molecule has 0 unspecified atom stereocenters. The standard InChI is InChI=1S/C14H21NO3/c1-3-8-15(9-10-16)11-12-4-6-13(7-5-12)14(17)18-2/h4-7,16H,3,8-11H2,1-2H3. The van der Waals surface area contributed by atoms with Crippen LogP contribution >= 0.6 is 0 Å². The van der Waals surface area contributed by atoms with Crippen molar-refractivity contribution in [3.63, 3.8) is 0 Å². The van der Waals surface area contributed by atoms with Crippen molar-refractivity contribution in [1.29, 1.82) is 0 Å². The molecule has 0 saturated heterocycles. The number of carbonyl (C=O) groups excluding carboxylic acids is 1. The highest BCUT2D eigenvalue weighted by molar-refractivity contribution is 5.89. The second kappa shape index (κ2) is 7.84. The quantitative estimate of drug-likeness (QED) is 0.749. The summed E-state index contributed by atoms with van der Waals surface area (Å²) in [6.45, 7) is 4.70. The first kappa shape index (κ1) is 14.7. The van der Waals surface area contributed by atoms with Crippen molar-refractivity contribution in [2.24, 2.45) is 0 Å². The molecular formula is C14H21NO3. The summed E-state index contributed by atoms with van der Waals surface area (Å²) >= 11 is 0. The van der Waals surface area contributed by atoms with Gasteiger partial charge in [-0.2, -0.15) is 0 Å². The average Bonchev–Trinajstić information content (AvgIpc) is 2.39. The van der Waals surface area contributed by atoms with Crippen LogP contribution in [0, 0.1) is 0 Å². The Morgan fingerprint density at radius 1 is 1.28 bits per heavy atom. The Balaban J connectivity index is 2.63. The molecule has 0 aliphatic heterocycles. The zero-order chi connectivity index (χ0) is 13.4. The molecule has 4 nitrogen and oxygen atoms in total. The van der Waals surface area contributed by atoms with Gasteiger partial charge < -0.3 is 9.84 Å². The van der Waals surface area contributed by atoms with E-state index in [0.717, 1.165) is 25.1 Å². The minimum atomic E-state index is -0.317. The largest absolute Gasteiger partial charge is 0.465 e. The maximum absolute atomic E-state index is 11.3. The first-order valence-electron chi connectivity index (χ1n) is 6.21. The highest BCUT2D eigenvalue weighted by Crippen LogP contribution is 2.09. The predicted octanol–water partition coefficient (Wildman–Crippen LogP) is 1.68. The van der Waals surface area contributed by atoms with Gasteiger partial charge in [0.25, 0.3) is 0 Å². The molecule has 1 aromatic carbocycles. The Kier molecular flexibility index (Phi) is 6.39. The second-order valence-corrected chi connectivity index (χ2v) is 4.19. The number of esters is 1. The van der Waals surface area contributed by atoms with E-state index in [1.807, 2.05) is 12.1 Å². The number of rotatable bonds is 7. The van der Waals surface area contributed by atoms with E-state index in [2.05, 4.69) is 16.6 Å². The molecule has 18 heavy (non-hydrogen) atoms. The number of benzene rings is 1. The van der Waals surface area contributed by atoms with Crippen LogP contribution in [-0.2, 0) is 11.3 Å². The molecule has 0 radical (unpaired) electrons. The minimum absolute atomic E-state index is 0.167. The van der Waals surface area contributed by atoms with Crippen molar-refractivity contribution in [1.82, 2.24) is 4.90 Å². The zero-order valence-corrected chi connectivity index (χ0v) is 11.1. The van der Waals surface area contributed by atoms with Gasteiger partial charge in [-0.1, -0.05) is 19.1 Å². The lowest BCUT2D eigenvalue weighted by molar-refractivity contribution is 0.0600. The van der Waals surface area contributed by atoms with Crippen molar-refractivity contribution in [3.8, 4) is 0 Å². The van der Waals surface area contributed by atoms with Crippen molar-refractivity contribution < 1.29 is 14.6 Å². The summed E-state index contributed by atoms with van der Waals surface area (Å²) in [7, 11) is 1.38. The van der Waals surface area contributed by atoms with Crippen LogP contribution in [0.2, 0.25) is 0 Å². The number of carbonyl (C=O) groups is 1. The minimum Gasteiger partial charge on any atom is -0.465 e. The lowest BCUT2D eigenvalue weighted by Gasteiger charge is -2.20. The van der Waals surface area contributed by atoms with Crippen LogP contribution in [0.4, 0.5) is 0 Å². The molecular weight excluding hydrogens is 230 g/mol. The average molecular weight is 251 g/mol. The molecule has 1 rings (SSSR count). The van der Waals surface area contributed by atoms with E-state index >= 15 is 0 Å². The van der Waals surface area contributed by atoms with Gasteiger partial charge in [0.15, 0.2) is 0 Å². The lowest BCUT2D eigenvalue weighted by Crippen LogP contribution is -2.27. The molecule has 0 saturated carbocycles. The smallest absolute Gasteiger partial charge is 0.337 e. The normalized spacial score (nSPS) is 10.7. The highest BCUT2D eigenvalue weighted by atomic mass is 16.5. The van der Waals surface area contributed by atoms with E-state index in [1.165, 1.54) is 7.11 Å². The summed E-state index contributed by atoms with van der Waals surface area (Å²) in [6, 6.07) is 7.38. The summed E-state index contributed by atoms with van der Waals surface area (Å²) < 4.78 is 4.65. The Labute approximate surface area is 108 Å². The maximum atomic E-state index is 11.3. The third kappa shape index (κ3) is 4.47. The Morgan fingerprint density at radius 3 is 2.44 bits per heavy atom. The van der Waals surface area contributed by atoms with Gasteiger partial charge in [-0.15, -0.1) is 0 Å². The van der Waals surface area contributed by atoms with Gasteiger partial charge >= 0.3 is 5.97 Å². The summed E-state index contributed by atoms with van der Waals surface area (Å²) in [5.41, 5.74) is 1.69. The summed E-state index contributed by atoms with van der Waals surface area (Å²) in [4.78, 5) is 13.5. The van der Waals surface area contributed by atoms with Crippen LogP contribution in [0.25, 0.3) is 0 Å². The third-order valence-electron chi connectivity index (χ3n) is 2.74. The van der Waals surface area contributed by atoms with Crippen LogP contribution < -0.4 is 0 Å². The van der Waals surface area contributed by atoms with Gasteiger partial charge in [-0.25, -0.2) is 4.79 Å². The van der Waals surface area contributed by atoms with E-state index in [9.17, 15) is 4.79 Å². The summed E-state index contributed by atoms with van der Waals surface area (Å²) in [6.07, 6.45) is 1.06. The molecule has 0 aliphatic rings. The van der Waals surface area contributed by atoms with E-state index < -0.39 is 0 Å². The first-order chi connectivity index (χ1) is 8.71. The van der Waals surface area contributed by atoms with Crippen LogP contribution in [0.3, 0.4) is 0 Å². The number of nitrogens with zero attached hydrogens (tertiary/aromatic N) is 1. The fraction of sp³-hybridized carbons (Fsp3) is 0.500. The van der Waals surface area contributed by atoms with Crippen molar-refractivity contribution >= 4 is 5.97 Å². The monoisotopic (exact) mass is 251 g/mol. The van der Waals surface area contributed by atoms with Crippen LogP contribution in [0.5, 0.6) is 0 Å². The van der Waals surface area contributed by atoms with Crippen LogP contribution in [0.1, 0.15) is 29.3 Å². The second-order valence-electron chi connectivity index (χ2n) is 4.19. The molecule has 0 heterocycles. The van der Waals surface area contributed by atoms with E-state index in [4.69, 9.17) is 5.11 Å². The molecule has 0 aromatic heterocycles. The number of aliphatic hydroxyl groups is 1. The van der Waals surface area contributed by atoms with Gasteiger partial charge in [-0.3, -0.25) is 4.90 Å². The maximum Gasteiger partial charge on any atom is 0.337 e. The van der Waals surface area contributed by atoms with Gasteiger partial charge in [0.05, 0.1) is 19.3 Å². The Bertz CT molecular complexity index is 356. The molecule has 0 aliphatic carbocycles. The SMILES string of the molecule is CCCN(CCO)Cc1ccc(C(=O)OC)cc1. The lowest BCUT2D eigenvalue weighted by atomic mass is 10.1. The fourth-order valence-corrected chi connectivity index (χ4v) is 1.85. The van der Waals surface area contributed by atoms with Crippen LogP contribution in [0.15, 0.2) is 24.3 Å². The molecule has 0 amide bonds. The molecule has 100 valence electrons. The van der Waals surface area contributed by atoms with E-state index in [1.54, 1.807) is 12.1 Å². The molecule has 0 bridgehead atoms. The number of hydrogen-bond donors (Lipinski definition) is 1. The van der Waals surface area contributed by atoms with Gasteiger partial charge in [-0.05, 0) is 30.7 Å². The number of hydrogen-bond acceptors (Lipinski definition) is 4. The predicted molar refractivity (Wildman–Crippen MR) is 70.4 cm³/mol. The molecule has 1 N–H and O–H groups in total. The Hall–Kier alpha value is -1.39. The summed E-state index contributed by atoms with van der Waals surface area (Å²) in [5.74, 6) is -0.317. The number of aliphatic hydroxyl groups excluding tert-OH is 1. The molecule has 0 fully saturated rings. The highest BCUT2D eigenvalue weighted by Gasteiger charge is 2.07. The van der Waals surface area contributed by atoms with Crippen molar-refractivity contribution in [2.45, 2.75) is 19.9 Å². The van der Waals surface area contributed by atoms with Gasteiger partial charge in [0.1, 0.15) is 0 Å². The first-order valence-corrected chi connectivity index (χ1v) is 6.21. The number of ether oxygens (including phenoxy) is 1. The van der Waals surface area contributed by atoms with Crippen LogP contribution in [-0.4, -0.2) is 42.8 Å². The molecule has 4 heteroatoms. The summed E-state index contributed by atoms with van der Waals surface area (Å²) in [5, 5.41) is 8.99. The molecule has 1 aromatic rings. The van der Waals surface area contributed by atoms with E-state index in [0.29, 0.717) is 12.1 Å². The number of methoxy groups -OCH3 is 1. The molecule has 0 atom stereocenters. The fourth-order valence-electron chi connectivity index (χ4n) is 1.85. The van der Waals surface area contributed by atoms with Crippen molar-refractivity contribution in [2.75, 3.05) is 26.8 Å². The zero-order valence-electron chi connectivity index (χ0n) is 11.1. The third-order valence-corrected chi connectivity index (χ3v) is 2.74. The van der Waals surface area contributed by atoms with Gasteiger partial charge in [0, 0.05) is 13.1 Å². The van der Waals surface area contributed by atoms with E-state index in [-0.39, 0.29) is 12.6 Å². The Morgan fingerprint density at radius 2 is 1.94 bits per heavy atom. The van der Waals surface area contributed by atoms with Crippen molar-refractivity contribution in [3.05, 3.63) is 35.4 Å².